The van der Waals surface area contributed by atoms with Crippen LogP contribution in [0.1, 0.15) is 22.2 Å². The van der Waals surface area contributed by atoms with Crippen LogP contribution in [0.25, 0.3) is 0 Å². The summed E-state index contributed by atoms with van der Waals surface area (Å²) in [7, 11) is 0. The van der Waals surface area contributed by atoms with Gasteiger partial charge in [0.2, 0.25) is 0 Å². The van der Waals surface area contributed by atoms with Crippen molar-refractivity contribution >= 4 is 11.3 Å². The molecule has 2 atom stereocenters. The first-order valence-corrected chi connectivity index (χ1v) is 8.42. The number of hydrogen-bond acceptors (Lipinski definition) is 5. The van der Waals surface area contributed by atoms with Crippen molar-refractivity contribution in [2.24, 2.45) is 5.73 Å². The lowest BCUT2D eigenvalue weighted by atomic mass is 10.2. The summed E-state index contributed by atoms with van der Waals surface area (Å²) in [6.45, 7) is 9.16. The Labute approximate surface area is 125 Å². The van der Waals surface area contributed by atoms with Crippen molar-refractivity contribution in [2.45, 2.75) is 25.4 Å². The van der Waals surface area contributed by atoms with Crippen molar-refractivity contribution in [3.05, 3.63) is 21.9 Å². The molecular formula is C15H25N3OS. The van der Waals surface area contributed by atoms with E-state index in [1.165, 1.54) is 22.7 Å². The van der Waals surface area contributed by atoms with Crippen LogP contribution in [-0.4, -0.2) is 61.8 Å². The van der Waals surface area contributed by atoms with Crippen LogP contribution < -0.4 is 5.73 Å². The minimum Gasteiger partial charge on any atom is -0.379 e. The third-order valence-electron chi connectivity index (χ3n) is 4.51. The fourth-order valence-electron chi connectivity index (χ4n) is 3.37. The van der Waals surface area contributed by atoms with E-state index in [1.54, 1.807) is 0 Å². The van der Waals surface area contributed by atoms with Crippen molar-refractivity contribution in [3.63, 3.8) is 0 Å². The predicted octanol–water partition coefficient (Wildman–Crippen LogP) is 1.46. The monoisotopic (exact) mass is 295 g/mol. The van der Waals surface area contributed by atoms with Gasteiger partial charge in [0, 0.05) is 48.5 Å². The predicted molar refractivity (Wildman–Crippen MR) is 83.2 cm³/mol. The van der Waals surface area contributed by atoms with E-state index in [0.717, 1.165) is 39.4 Å². The van der Waals surface area contributed by atoms with Crippen LogP contribution in [0.15, 0.2) is 12.1 Å². The molecule has 20 heavy (non-hydrogen) atoms. The molecule has 2 N–H and O–H groups in total. The summed E-state index contributed by atoms with van der Waals surface area (Å²) < 4.78 is 5.45. The Bertz CT molecular complexity index is 431. The van der Waals surface area contributed by atoms with E-state index in [1.807, 2.05) is 11.3 Å². The molecule has 0 spiro atoms. The maximum atomic E-state index is 6.05. The Morgan fingerprint density at radius 3 is 2.80 bits per heavy atom. The number of nitrogens with two attached hydrogens (primary N) is 1. The van der Waals surface area contributed by atoms with E-state index < -0.39 is 0 Å². The van der Waals surface area contributed by atoms with E-state index in [4.69, 9.17) is 10.5 Å². The molecule has 1 aromatic heterocycles. The Kier molecular flexibility index (Phi) is 4.73. The Morgan fingerprint density at radius 1 is 1.35 bits per heavy atom. The highest BCUT2D eigenvalue weighted by Crippen LogP contribution is 2.30. The van der Waals surface area contributed by atoms with Crippen LogP contribution >= 0.6 is 11.3 Å². The van der Waals surface area contributed by atoms with Gasteiger partial charge < -0.3 is 10.5 Å². The normalized spacial score (nSPS) is 27.0. The highest BCUT2D eigenvalue weighted by molar-refractivity contribution is 7.12. The molecule has 0 amide bonds. The van der Waals surface area contributed by atoms with Crippen LogP contribution in [0.3, 0.4) is 0 Å². The van der Waals surface area contributed by atoms with E-state index >= 15 is 0 Å². The first-order chi connectivity index (χ1) is 9.78. The zero-order chi connectivity index (χ0) is 13.9. The average molecular weight is 295 g/mol. The molecule has 112 valence electrons. The van der Waals surface area contributed by atoms with Crippen LogP contribution in [-0.2, 0) is 4.74 Å². The van der Waals surface area contributed by atoms with Gasteiger partial charge in [0.25, 0.3) is 0 Å². The highest BCUT2D eigenvalue weighted by atomic mass is 32.1. The molecule has 0 saturated carbocycles. The number of ether oxygens (including phenoxy) is 1. The largest absolute Gasteiger partial charge is 0.379 e. The molecule has 4 nitrogen and oxygen atoms in total. The van der Waals surface area contributed by atoms with E-state index in [2.05, 4.69) is 28.9 Å². The SMILES string of the molecule is Cc1ccc(C(CN)N2CCC(N3CCOCC3)C2)s1. The summed E-state index contributed by atoms with van der Waals surface area (Å²) in [6, 6.07) is 5.55. The van der Waals surface area contributed by atoms with Gasteiger partial charge in [-0.2, -0.15) is 0 Å². The number of thiophene rings is 1. The summed E-state index contributed by atoms with van der Waals surface area (Å²) in [5.74, 6) is 0. The van der Waals surface area contributed by atoms with Gasteiger partial charge >= 0.3 is 0 Å². The van der Waals surface area contributed by atoms with Crippen molar-refractivity contribution in [2.75, 3.05) is 45.9 Å². The second kappa shape index (κ2) is 6.54. The molecule has 0 aromatic carbocycles. The van der Waals surface area contributed by atoms with Crippen LogP contribution in [0.4, 0.5) is 0 Å². The molecule has 2 aliphatic heterocycles. The third-order valence-corrected chi connectivity index (χ3v) is 5.61. The van der Waals surface area contributed by atoms with E-state index in [0.29, 0.717) is 12.1 Å². The molecule has 1 aromatic rings. The van der Waals surface area contributed by atoms with Gasteiger partial charge in [0.15, 0.2) is 0 Å². The van der Waals surface area contributed by atoms with Gasteiger partial charge in [-0.3, -0.25) is 9.80 Å². The number of aryl methyl sites for hydroxylation is 1. The van der Waals surface area contributed by atoms with Crippen molar-refractivity contribution in [1.82, 2.24) is 9.80 Å². The van der Waals surface area contributed by atoms with Gasteiger partial charge in [0.1, 0.15) is 0 Å². The quantitative estimate of drug-likeness (QED) is 0.913. The first-order valence-electron chi connectivity index (χ1n) is 7.60. The molecule has 2 aliphatic rings. The van der Waals surface area contributed by atoms with Crippen molar-refractivity contribution in [1.29, 1.82) is 0 Å². The lowest BCUT2D eigenvalue weighted by Crippen LogP contribution is -2.45. The Morgan fingerprint density at radius 2 is 2.15 bits per heavy atom. The molecule has 2 fully saturated rings. The Balaban J connectivity index is 1.62. The summed E-state index contributed by atoms with van der Waals surface area (Å²) in [5, 5.41) is 0. The zero-order valence-electron chi connectivity index (χ0n) is 12.3. The minimum absolute atomic E-state index is 0.403. The molecule has 3 heterocycles. The summed E-state index contributed by atoms with van der Waals surface area (Å²) in [4.78, 5) is 7.97. The minimum atomic E-state index is 0.403. The van der Waals surface area contributed by atoms with Gasteiger partial charge in [0.05, 0.1) is 19.3 Å². The van der Waals surface area contributed by atoms with Gasteiger partial charge in [-0.25, -0.2) is 0 Å². The smallest absolute Gasteiger partial charge is 0.0594 e. The summed E-state index contributed by atoms with van der Waals surface area (Å²) in [6.07, 6.45) is 1.26. The number of nitrogens with zero attached hydrogens (tertiary/aromatic N) is 2. The summed E-state index contributed by atoms with van der Waals surface area (Å²) >= 11 is 1.89. The van der Waals surface area contributed by atoms with Crippen LogP contribution in [0.2, 0.25) is 0 Å². The standard InChI is InChI=1S/C15H25N3OS/c1-12-2-3-15(20-12)14(10-16)18-5-4-13(11-18)17-6-8-19-9-7-17/h2-3,13-14H,4-11,16H2,1H3. The maximum absolute atomic E-state index is 6.05. The van der Waals surface area contributed by atoms with Crippen LogP contribution in [0.5, 0.6) is 0 Å². The lowest BCUT2D eigenvalue weighted by molar-refractivity contribution is 0.0177. The van der Waals surface area contributed by atoms with E-state index in [-0.39, 0.29) is 0 Å². The molecule has 0 radical (unpaired) electrons. The molecule has 0 bridgehead atoms. The number of hydrogen-bond donors (Lipinski definition) is 1. The third kappa shape index (κ3) is 3.07. The average Bonchev–Trinajstić information content (AvgIpc) is 3.11. The summed E-state index contributed by atoms with van der Waals surface area (Å²) in [5.41, 5.74) is 6.05. The second-order valence-electron chi connectivity index (χ2n) is 5.79. The second-order valence-corrected chi connectivity index (χ2v) is 7.11. The molecule has 3 rings (SSSR count). The molecule has 2 saturated heterocycles. The van der Waals surface area contributed by atoms with E-state index in [9.17, 15) is 0 Å². The molecule has 2 unspecified atom stereocenters. The van der Waals surface area contributed by atoms with Gasteiger partial charge in [-0.1, -0.05) is 0 Å². The lowest BCUT2D eigenvalue weighted by Gasteiger charge is -2.33. The number of morpholine rings is 1. The topological polar surface area (TPSA) is 41.7 Å². The van der Waals surface area contributed by atoms with Crippen molar-refractivity contribution in [3.8, 4) is 0 Å². The molecule has 0 aliphatic carbocycles. The highest BCUT2D eigenvalue weighted by Gasteiger charge is 2.32. The van der Waals surface area contributed by atoms with Gasteiger partial charge in [-0.05, 0) is 25.5 Å². The maximum Gasteiger partial charge on any atom is 0.0594 e. The molecule has 5 heteroatoms. The van der Waals surface area contributed by atoms with Gasteiger partial charge in [-0.15, -0.1) is 11.3 Å². The fraction of sp³-hybridized carbons (Fsp3) is 0.733. The van der Waals surface area contributed by atoms with Crippen LogP contribution in [0, 0.1) is 6.92 Å². The Hall–Kier alpha value is -0.460. The number of likely N-dealkylation sites (tertiary alicyclic amines) is 1. The molecular weight excluding hydrogens is 270 g/mol. The zero-order valence-corrected chi connectivity index (χ0v) is 13.1. The fourth-order valence-corrected chi connectivity index (χ4v) is 4.39. The van der Waals surface area contributed by atoms with Crippen molar-refractivity contribution < 1.29 is 4.74 Å². The first kappa shape index (κ1) is 14.5. The number of rotatable bonds is 4.